The van der Waals surface area contributed by atoms with E-state index < -0.39 is 11.4 Å². The van der Waals surface area contributed by atoms with Gasteiger partial charge in [0, 0.05) is 0 Å². The van der Waals surface area contributed by atoms with Gasteiger partial charge in [-0.25, -0.2) is 0 Å². The van der Waals surface area contributed by atoms with Crippen molar-refractivity contribution in [1.82, 2.24) is 0 Å². The summed E-state index contributed by atoms with van der Waals surface area (Å²) in [5.41, 5.74) is -0.205. The fourth-order valence-electron chi connectivity index (χ4n) is 6.73. The zero-order valence-corrected chi connectivity index (χ0v) is 14.9. The van der Waals surface area contributed by atoms with E-state index in [4.69, 9.17) is 0 Å². The Balaban J connectivity index is 1.86. The Morgan fingerprint density at radius 2 is 1.82 bits per heavy atom. The van der Waals surface area contributed by atoms with E-state index >= 15 is 0 Å². The number of rotatable bonds is 2. The minimum absolute atomic E-state index is 0.274. The summed E-state index contributed by atoms with van der Waals surface area (Å²) in [6.45, 7) is 9.24. The third-order valence-electron chi connectivity index (χ3n) is 8.10. The molecule has 2 nitrogen and oxygen atoms in total. The average molecular weight is 306 g/mol. The Morgan fingerprint density at radius 1 is 1.09 bits per heavy atom. The molecular weight excluding hydrogens is 272 g/mol. The number of carboxylic acid groups (broad SMARTS) is 1. The maximum atomic E-state index is 12.0. The molecule has 3 rings (SSSR count). The van der Waals surface area contributed by atoms with E-state index in [2.05, 4.69) is 20.8 Å². The first-order chi connectivity index (χ1) is 10.3. The van der Waals surface area contributed by atoms with Crippen LogP contribution in [0.2, 0.25) is 0 Å². The van der Waals surface area contributed by atoms with Crippen molar-refractivity contribution in [2.45, 2.75) is 79.1 Å². The Kier molecular flexibility index (Phi) is 4.10. The van der Waals surface area contributed by atoms with Crippen LogP contribution in [0.4, 0.5) is 0 Å². The molecule has 0 spiro atoms. The summed E-state index contributed by atoms with van der Waals surface area (Å²) in [6.07, 6.45) is 9.77. The second-order valence-corrected chi connectivity index (χ2v) is 9.40. The molecule has 1 N–H and O–H groups in total. The summed E-state index contributed by atoms with van der Waals surface area (Å²) in [6, 6.07) is 0. The molecule has 0 aromatic carbocycles. The van der Waals surface area contributed by atoms with Gasteiger partial charge in [-0.05, 0) is 86.9 Å². The standard InChI is InChI=1S/C20H34O2/c1-13(2)14-6-8-16-15(12-14)7-9-17-19(16,3)10-5-11-20(17,4)18(21)22/h13-17H,5-12H2,1-4H3,(H,21,22)/t14-,15-,16+,17-,19-,20-/m1/s1. The average Bonchev–Trinajstić information content (AvgIpc) is 2.46. The molecule has 0 bridgehead atoms. The van der Waals surface area contributed by atoms with Gasteiger partial charge in [0.25, 0.3) is 0 Å². The van der Waals surface area contributed by atoms with Crippen LogP contribution in [0.5, 0.6) is 0 Å². The van der Waals surface area contributed by atoms with Gasteiger partial charge in [0.2, 0.25) is 0 Å². The van der Waals surface area contributed by atoms with Gasteiger partial charge in [0.15, 0.2) is 0 Å². The van der Waals surface area contributed by atoms with Gasteiger partial charge in [-0.1, -0.05) is 27.2 Å². The van der Waals surface area contributed by atoms with E-state index in [1.807, 2.05) is 6.92 Å². The van der Waals surface area contributed by atoms with Gasteiger partial charge in [-0.3, -0.25) is 4.79 Å². The lowest BCUT2D eigenvalue weighted by Crippen LogP contribution is -2.56. The minimum Gasteiger partial charge on any atom is -0.481 e. The van der Waals surface area contributed by atoms with Crippen LogP contribution < -0.4 is 0 Å². The molecule has 0 heterocycles. The van der Waals surface area contributed by atoms with Crippen molar-refractivity contribution in [3.05, 3.63) is 0 Å². The van der Waals surface area contributed by atoms with E-state index in [1.165, 1.54) is 32.1 Å². The summed E-state index contributed by atoms with van der Waals surface area (Å²) >= 11 is 0. The maximum Gasteiger partial charge on any atom is 0.309 e. The Morgan fingerprint density at radius 3 is 2.45 bits per heavy atom. The van der Waals surface area contributed by atoms with Gasteiger partial charge in [-0.15, -0.1) is 0 Å². The highest BCUT2D eigenvalue weighted by Gasteiger charge is 2.59. The molecule has 2 heteroatoms. The summed E-state index contributed by atoms with van der Waals surface area (Å²) in [5, 5.41) is 9.86. The van der Waals surface area contributed by atoms with Crippen LogP contribution >= 0.6 is 0 Å². The van der Waals surface area contributed by atoms with Gasteiger partial charge < -0.3 is 5.11 Å². The molecule has 0 unspecified atom stereocenters. The highest BCUT2D eigenvalue weighted by atomic mass is 16.4. The van der Waals surface area contributed by atoms with Crippen molar-refractivity contribution < 1.29 is 9.90 Å². The first-order valence-corrected chi connectivity index (χ1v) is 9.52. The number of hydrogen-bond acceptors (Lipinski definition) is 1. The van der Waals surface area contributed by atoms with Crippen LogP contribution in [0.25, 0.3) is 0 Å². The molecule has 0 aliphatic heterocycles. The van der Waals surface area contributed by atoms with Crippen LogP contribution in [-0.4, -0.2) is 11.1 Å². The molecule has 3 aliphatic carbocycles. The predicted molar refractivity (Wildman–Crippen MR) is 89.6 cm³/mol. The Hall–Kier alpha value is -0.530. The van der Waals surface area contributed by atoms with Crippen molar-refractivity contribution in [1.29, 1.82) is 0 Å². The molecule has 126 valence electrons. The molecule has 0 aromatic heterocycles. The quantitative estimate of drug-likeness (QED) is 0.745. The molecular formula is C20H34O2. The molecule has 6 atom stereocenters. The second kappa shape index (κ2) is 5.53. The monoisotopic (exact) mass is 306 g/mol. The lowest BCUT2D eigenvalue weighted by Gasteiger charge is -2.60. The van der Waals surface area contributed by atoms with Crippen molar-refractivity contribution in [2.75, 3.05) is 0 Å². The molecule has 0 amide bonds. The van der Waals surface area contributed by atoms with Crippen molar-refractivity contribution in [3.63, 3.8) is 0 Å². The first kappa shape index (κ1) is 16.3. The first-order valence-electron chi connectivity index (χ1n) is 9.52. The van der Waals surface area contributed by atoms with Crippen LogP contribution in [0.15, 0.2) is 0 Å². The zero-order chi connectivity index (χ0) is 16.1. The van der Waals surface area contributed by atoms with E-state index in [9.17, 15) is 9.90 Å². The minimum atomic E-state index is -0.544. The third kappa shape index (κ3) is 2.32. The fourth-order valence-corrected chi connectivity index (χ4v) is 6.73. The van der Waals surface area contributed by atoms with Crippen LogP contribution in [0.3, 0.4) is 0 Å². The maximum absolute atomic E-state index is 12.0. The number of carbonyl (C=O) groups is 1. The highest BCUT2D eigenvalue weighted by Crippen LogP contribution is 2.64. The summed E-state index contributed by atoms with van der Waals surface area (Å²) in [7, 11) is 0. The molecule has 3 aliphatic rings. The van der Waals surface area contributed by atoms with Crippen molar-refractivity contribution in [2.24, 2.45) is 40.4 Å². The zero-order valence-electron chi connectivity index (χ0n) is 14.9. The number of carboxylic acids is 1. The van der Waals surface area contributed by atoms with Crippen molar-refractivity contribution >= 4 is 5.97 Å². The fraction of sp³-hybridized carbons (Fsp3) is 0.950. The van der Waals surface area contributed by atoms with Gasteiger partial charge in [0.1, 0.15) is 0 Å². The molecule has 22 heavy (non-hydrogen) atoms. The second-order valence-electron chi connectivity index (χ2n) is 9.40. The molecule has 0 saturated heterocycles. The lowest BCUT2D eigenvalue weighted by atomic mass is 9.43. The number of fused-ring (bicyclic) bond motifs is 3. The number of hydrogen-bond donors (Lipinski definition) is 1. The van der Waals surface area contributed by atoms with Crippen LogP contribution in [-0.2, 0) is 4.79 Å². The van der Waals surface area contributed by atoms with Crippen molar-refractivity contribution in [3.8, 4) is 0 Å². The Labute approximate surface area is 136 Å². The normalized spacial score (nSPS) is 48.6. The van der Waals surface area contributed by atoms with E-state index in [-0.39, 0.29) is 5.41 Å². The smallest absolute Gasteiger partial charge is 0.309 e. The van der Waals surface area contributed by atoms with Gasteiger partial charge in [-0.2, -0.15) is 0 Å². The van der Waals surface area contributed by atoms with Gasteiger partial charge >= 0.3 is 5.97 Å². The molecule has 0 radical (unpaired) electrons. The third-order valence-corrected chi connectivity index (χ3v) is 8.10. The van der Waals surface area contributed by atoms with E-state index in [0.29, 0.717) is 5.92 Å². The summed E-state index contributed by atoms with van der Waals surface area (Å²) in [4.78, 5) is 12.0. The SMILES string of the molecule is CC(C)[C@@H]1CC[C@H]2[C@H](CC[C@@H]3[C@]2(C)CCC[C@@]3(C)C(=O)O)C1. The van der Waals surface area contributed by atoms with Crippen LogP contribution in [0.1, 0.15) is 79.1 Å². The lowest BCUT2D eigenvalue weighted by molar-refractivity contribution is -0.173. The number of aliphatic carboxylic acids is 1. The predicted octanol–water partition coefficient (Wildman–Crippen LogP) is 5.37. The largest absolute Gasteiger partial charge is 0.481 e. The molecule has 3 fully saturated rings. The summed E-state index contributed by atoms with van der Waals surface area (Å²) in [5.74, 6) is 3.19. The van der Waals surface area contributed by atoms with E-state index in [0.717, 1.165) is 42.9 Å². The molecule has 3 saturated carbocycles. The highest BCUT2D eigenvalue weighted by molar-refractivity contribution is 5.75. The van der Waals surface area contributed by atoms with E-state index in [1.54, 1.807) is 0 Å². The van der Waals surface area contributed by atoms with Crippen LogP contribution in [0, 0.1) is 40.4 Å². The molecule has 0 aromatic rings. The summed E-state index contributed by atoms with van der Waals surface area (Å²) < 4.78 is 0. The topological polar surface area (TPSA) is 37.3 Å². The Bertz CT molecular complexity index is 443. The van der Waals surface area contributed by atoms with Gasteiger partial charge in [0.05, 0.1) is 5.41 Å².